The zero-order chi connectivity index (χ0) is 20.1. The third-order valence-electron chi connectivity index (χ3n) is 6.56. The van der Waals surface area contributed by atoms with Crippen LogP contribution in [-0.2, 0) is 16.2 Å². The third kappa shape index (κ3) is 2.28. The maximum absolute atomic E-state index is 5.08. The van der Waals surface area contributed by atoms with E-state index in [2.05, 4.69) is 83.2 Å². The molecule has 0 aliphatic heterocycles. The van der Waals surface area contributed by atoms with Crippen LogP contribution in [0.4, 0.5) is 0 Å². The first kappa shape index (κ1) is 17.7. The first-order chi connectivity index (χ1) is 13.0. The van der Waals surface area contributed by atoms with Crippen LogP contribution < -0.4 is 0 Å². The molecular formula is C25H29N3. The molecule has 1 aliphatic carbocycles. The molecule has 3 nitrogen and oxygen atoms in total. The zero-order valence-electron chi connectivity index (χ0n) is 18.0. The van der Waals surface area contributed by atoms with E-state index in [1.54, 1.807) is 0 Å². The monoisotopic (exact) mass is 371 g/mol. The fraction of sp³-hybridized carbons (Fsp3) is 0.440. The molecule has 28 heavy (non-hydrogen) atoms. The van der Waals surface area contributed by atoms with Gasteiger partial charge in [-0.1, -0.05) is 60.6 Å². The van der Waals surface area contributed by atoms with Crippen LogP contribution in [0.1, 0.15) is 71.6 Å². The van der Waals surface area contributed by atoms with Crippen molar-refractivity contribution < 1.29 is 0 Å². The van der Waals surface area contributed by atoms with Gasteiger partial charge in [-0.2, -0.15) is 0 Å². The Morgan fingerprint density at radius 2 is 1.64 bits per heavy atom. The quantitative estimate of drug-likeness (QED) is 0.363. The molecule has 0 bridgehead atoms. The molecule has 0 amide bonds. The second-order valence-corrected chi connectivity index (χ2v) is 10.8. The average Bonchev–Trinajstić information content (AvgIpc) is 3.04. The molecule has 5 rings (SSSR count). The van der Waals surface area contributed by atoms with Gasteiger partial charge in [-0.15, -0.1) is 0 Å². The van der Waals surface area contributed by atoms with E-state index in [0.717, 1.165) is 27.6 Å². The number of benzene rings is 2. The van der Waals surface area contributed by atoms with E-state index in [0.29, 0.717) is 0 Å². The predicted octanol–water partition coefficient (Wildman–Crippen LogP) is 6.29. The summed E-state index contributed by atoms with van der Waals surface area (Å²) in [4.78, 5) is 9.96. The Hall–Kier alpha value is -2.42. The van der Waals surface area contributed by atoms with Crippen LogP contribution in [0.25, 0.3) is 27.6 Å². The van der Waals surface area contributed by atoms with Gasteiger partial charge in [0, 0.05) is 5.39 Å². The second-order valence-electron chi connectivity index (χ2n) is 10.8. The molecule has 2 heterocycles. The molecule has 0 saturated heterocycles. The van der Waals surface area contributed by atoms with Gasteiger partial charge in [-0.25, -0.2) is 9.97 Å². The van der Waals surface area contributed by atoms with Gasteiger partial charge in [0.05, 0.1) is 16.6 Å². The van der Waals surface area contributed by atoms with Crippen molar-refractivity contribution in [2.45, 2.75) is 71.1 Å². The summed E-state index contributed by atoms with van der Waals surface area (Å²) in [5.41, 5.74) is 8.88. The van der Waals surface area contributed by atoms with Gasteiger partial charge >= 0.3 is 0 Å². The number of para-hydroxylation sites is 1. The van der Waals surface area contributed by atoms with E-state index in [-0.39, 0.29) is 16.2 Å². The van der Waals surface area contributed by atoms with Crippen molar-refractivity contribution in [3.05, 3.63) is 53.3 Å². The van der Waals surface area contributed by atoms with Crippen LogP contribution in [0.3, 0.4) is 0 Å². The van der Waals surface area contributed by atoms with Crippen LogP contribution in [0.2, 0.25) is 0 Å². The minimum atomic E-state index is 0.0477. The van der Waals surface area contributed by atoms with Gasteiger partial charge in [0.15, 0.2) is 0 Å². The predicted molar refractivity (Wildman–Crippen MR) is 117 cm³/mol. The first-order valence-electron chi connectivity index (χ1n) is 10.2. The molecule has 0 fully saturated rings. The van der Waals surface area contributed by atoms with Crippen LogP contribution in [0, 0.1) is 0 Å². The SMILES string of the molecule is CC(C)(C)c1cccc2c1ncn1c3cc4c(cc3nc21)C(C)(C)CC4(C)C. The van der Waals surface area contributed by atoms with Crippen molar-refractivity contribution in [1.29, 1.82) is 0 Å². The van der Waals surface area contributed by atoms with Crippen LogP contribution in [0.5, 0.6) is 0 Å². The van der Waals surface area contributed by atoms with Gasteiger partial charge in [0.1, 0.15) is 12.0 Å². The van der Waals surface area contributed by atoms with Crippen molar-refractivity contribution in [3.63, 3.8) is 0 Å². The lowest BCUT2D eigenvalue weighted by atomic mass is 9.82. The Kier molecular flexibility index (Phi) is 3.24. The Bertz CT molecular complexity index is 1270. The molecule has 0 radical (unpaired) electrons. The lowest BCUT2D eigenvalue weighted by molar-refractivity contribution is 0.403. The van der Waals surface area contributed by atoms with E-state index in [1.165, 1.54) is 23.1 Å². The number of hydrogen-bond donors (Lipinski definition) is 0. The van der Waals surface area contributed by atoms with Crippen LogP contribution >= 0.6 is 0 Å². The number of fused-ring (bicyclic) bond motifs is 6. The Morgan fingerprint density at radius 1 is 0.964 bits per heavy atom. The lowest BCUT2D eigenvalue weighted by Crippen LogP contribution is -2.18. The maximum Gasteiger partial charge on any atom is 0.148 e. The normalized spacial score (nSPS) is 18.2. The second kappa shape index (κ2) is 5.14. The highest BCUT2D eigenvalue weighted by atomic mass is 15.0. The minimum Gasteiger partial charge on any atom is -0.282 e. The van der Waals surface area contributed by atoms with Gasteiger partial charge in [0.2, 0.25) is 0 Å². The summed E-state index contributed by atoms with van der Waals surface area (Å²) in [6, 6.07) is 11.2. The number of aromatic nitrogens is 3. The number of hydrogen-bond acceptors (Lipinski definition) is 2. The van der Waals surface area contributed by atoms with Crippen molar-refractivity contribution in [1.82, 2.24) is 14.4 Å². The Balaban J connectivity index is 1.88. The van der Waals surface area contributed by atoms with Crippen LogP contribution in [0.15, 0.2) is 36.7 Å². The van der Waals surface area contributed by atoms with E-state index in [4.69, 9.17) is 9.97 Å². The summed E-state index contributed by atoms with van der Waals surface area (Å²) < 4.78 is 2.17. The molecule has 4 aromatic rings. The highest BCUT2D eigenvalue weighted by molar-refractivity contribution is 5.98. The molecule has 144 valence electrons. The van der Waals surface area contributed by atoms with E-state index < -0.39 is 0 Å². The smallest absolute Gasteiger partial charge is 0.148 e. The molecule has 2 aromatic heterocycles. The molecule has 1 aliphatic rings. The highest BCUT2D eigenvalue weighted by Crippen LogP contribution is 2.50. The Labute approximate surface area is 166 Å². The minimum absolute atomic E-state index is 0.0477. The van der Waals surface area contributed by atoms with Gasteiger partial charge < -0.3 is 0 Å². The summed E-state index contributed by atoms with van der Waals surface area (Å²) in [7, 11) is 0. The summed E-state index contributed by atoms with van der Waals surface area (Å²) in [6.07, 6.45) is 3.13. The number of imidazole rings is 1. The molecule has 3 heteroatoms. The summed E-state index contributed by atoms with van der Waals surface area (Å²) in [6.45, 7) is 16.2. The molecule has 0 N–H and O–H groups in total. The summed E-state index contributed by atoms with van der Waals surface area (Å²) in [5, 5.41) is 1.13. The van der Waals surface area contributed by atoms with Gasteiger partial charge in [-0.05, 0) is 57.6 Å². The van der Waals surface area contributed by atoms with Crippen LogP contribution in [-0.4, -0.2) is 14.4 Å². The molecular weight excluding hydrogens is 342 g/mol. The van der Waals surface area contributed by atoms with Crippen molar-refractivity contribution in [2.75, 3.05) is 0 Å². The summed E-state index contributed by atoms with van der Waals surface area (Å²) >= 11 is 0. The number of nitrogens with zero attached hydrogens (tertiary/aromatic N) is 3. The fourth-order valence-corrected chi connectivity index (χ4v) is 5.45. The van der Waals surface area contributed by atoms with Crippen molar-refractivity contribution in [2.24, 2.45) is 0 Å². The maximum atomic E-state index is 5.08. The molecule has 0 unspecified atom stereocenters. The van der Waals surface area contributed by atoms with Crippen molar-refractivity contribution in [3.8, 4) is 0 Å². The van der Waals surface area contributed by atoms with Gasteiger partial charge in [-0.3, -0.25) is 4.40 Å². The van der Waals surface area contributed by atoms with E-state index in [9.17, 15) is 0 Å². The molecule has 2 aromatic carbocycles. The standard InChI is InChI=1S/C25H29N3/c1-23(2,3)16-10-8-9-15-21(16)26-14-28-20-12-18-17(11-19(20)27-22(15)28)24(4,5)13-25(18,6)7/h8-12,14H,13H2,1-7H3. The fourth-order valence-electron chi connectivity index (χ4n) is 5.45. The zero-order valence-corrected chi connectivity index (χ0v) is 18.0. The third-order valence-corrected chi connectivity index (χ3v) is 6.56. The van der Waals surface area contributed by atoms with E-state index in [1.807, 2.05) is 6.33 Å². The van der Waals surface area contributed by atoms with Crippen molar-refractivity contribution >= 4 is 27.6 Å². The largest absolute Gasteiger partial charge is 0.282 e. The lowest BCUT2D eigenvalue weighted by Gasteiger charge is -2.22. The molecule has 0 atom stereocenters. The molecule has 0 spiro atoms. The van der Waals surface area contributed by atoms with E-state index >= 15 is 0 Å². The van der Waals surface area contributed by atoms with Gasteiger partial charge in [0.25, 0.3) is 0 Å². The first-order valence-corrected chi connectivity index (χ1v) is 10.2. The Morgan fingerprint density at radius 3 is 2.32 bits per heavy atom. The average molecular weight is 372 g/mol. The topological polar surface area (TPSA) is 30.2 Å². The summed E-state index contributed by atoms with van der Waals surface area (Å²) in [5.74, 6) is 0. The number of rotatable bonds is 0. The molecule has 0 saturated carbocycles. The highest BCUT2D eigenvalue weighted by Gasteiger charge is 2.42.